The first-order valence-electron chi connectivity index (χ1n) is 11.5. The number of hydrogen-bond acceptors (Lipinski definition) is 6. The zero-order chi connectivity index (χ0) is 23.7. The van der Waals surface area contributed by atoms with Crippen molar-refractivity contribution >= 4 is 28.6 Å². The second-order valence-corrected chi connectivity index (χ2v) is 10.2. The molecule has 0 saturated carbocycles. The van der Waals surface area contributed by atoms with Gasteiger partial charge in [0.2, 0.25) is 0 Å². The minimum atomic E-state index is -0.149. The van der Waals surface area contributed by atoms with Crippen molar-refractivity contribution in [2.75, 3.05) is 13.1 Å². The van der Waals surface area contributed by atoms with Crippen LogP contribution in [-0.2, 0) is 6.42 Å². The average Bonchev–Trinajstić information content (AvgIpc) is 3.31. The lowest BCUT2D eigenvalue weighted by Gasteiger charge is -2.14. The van der Waals surface area contributed by atoms with Gasteiger partial charge in [-0.05, 0) is 69.5 Å². The Labute approximate surface area is 208 Å². The van der Waals surface area contributed by atoms with Crippen LogP contribution in [-0.4, -0.2) is 38.5 Å². The van der Waals surface area contributed by atoms with Crippen molar-refractivity contribution in [1.82, 2.24) is 25.1 Å². The summed E-state index contributed by atoms with van der Waals surface area (Å²) in [5.74, 6) is 1.76. The predicted octanol–water partition coefficient (Wildman–Crippen LogP) is 5.42. The SMILES string of the molecule is Cc1sc2c(c1C)C(c1ccc(Cl)cc1)=N[C@@H](CNCCCc1cccnc1)c1nnc(C)n1-2. The molecule has 0 bridgehead atoms. The summed E-state index contributed by atoms with van der Waals surface area (Å²) in [4.78, 5) is 10.8. The quantitative estimate of drug-likeness (QED) is 0.351. The van der Waals surface area contributed by atoms with Gasteiger partial charge in [-0.1, -0.05) is 29.8 Å². The van der Waals surface area contributed by atoms with Crippen molar-refractivity contribution < 1.29 is 0 Å². The summed E-state index contributed by atoms with van der Waals surface area (Å²) in [7, 11) is 0. The Hall–Kier alpha value is -2.87. The lowest BCUT2D eigenvalue weighted by molar-refractivity contribution is 0.560. The van der Waals surface area contributed by atoms with Crippen LogP contribution in [0.4, 0.5) is 0 Å². The highest BCUT2D eigenvalue weighted by atomic mass is 35.5. The number of pyridine rings is 1. The molecule has 4 aromatic rings. The number of aryl methyl sites for hydroxylation is 3. The fraction of sp³-hybridized carbons (Fsp3) is 0.308. The predicted molar refractivity (Wildman–Crippen MR) is 139 cm³/mol. The van der Waals surface area contributed by atoms with E-state index in [9.17, 15) is 0 Å². The van der Waals surface area contributed by atoms with Crippen LogP contribution >= 0.6 is 22.9 Å². The van der Waals surface area contributed by atoms with E-state index in [-0.39, 0.29) is 6.04 Å². The second kappa shape index (κ2) is 9.78. The zero-order valence-corrected chi connectivity index (χ0v) is 21.1. The number of thiophene rings is 1. The van der Waals surface area contributed by atoms with Crippen LogP contribution in [0.3, 0.4) is 0 Å². The first kappa shape index (κ1) is 22.9. The fourth-order valence-corrected chi connectivity index (χ4v) is 5.67. The first-order valence-corrected chi connectivity index (χ1v) is 12.7. The molecule has 0 amide bonds. The normalized spacial score (nSPS) is 14.9. The molecule has 34 heavy (non-hydrogen) atoms. The molecular formula is C26H27ClN6S. The molecule has 0 fully saturated rings. The fourth-order valence-electron chi connectivity index (χ4n) is 4.33. The molecule has 0 radical (unpaired) electrons. The number of fused-ring (bicyclic) bond motifs is 3. The summed E-state index contributed by atoms with van der Waals surface area (Å²) in [6.45, 7) is 7.93. The molecule has 8 heteroatoms. The summed E-state index contributed by atoms with van der Waals surface area (Å²) in [6, 6.07) is 11.9. The molecule has 0 aliphatic carbocycles. The monoisotopic (exact) mass is 490 g/mol. The molecule has 1 aromatic carbocycles. The molecular weight excluding hydrogens is 464 g/mol. The van der Waals surface area contributed by atoms with Crippen molar-refractivity contribution in [2.45, 2.75) is 39.7 Å². The third-order valence-corrected chi connectivity index (χ3v) is 7.68. The maximum atomic E-state index is 6.19. The number of benzene rings is 1. The van der Waals surface area contributed by atoms with Gasteiger partial charge in [-0.2, -0.15) is 0 Å². The summed E-state index contributed by atoms with van der Waals surface area (Å²) >= 11 is 7.97. The Morgan fingerprint density at radius 1 is 1.09 bits per heavy atom. The first-order chi connectivity index (χ1) is 16.5. The van der Waals surface area contributed by atoms with E-state index in [1.54, 1.807) is 11.3 Å². The van der Waals surface area contributed by atoms with Crippen molar-refractivity contribution in [3.8, 4) is 5.00 Å². The van der Waals surface area contributed by atoms with Gasteiger partial charge in [-0.3, -0.25) is 14.5 Å². The molecule has 1 aliphatic rings. The molecule has 0 spiro atoms. The van der Waals surface area contributed by atoms with E-state index in [1.165, 1.54) is 16.0 Å². The Kier molecular flexibility index (Phi) is 6.59. The summed E-state index contributed by atoms with van der Waals surface area (Å²) in [5.41, 5.74) is 5.71. The number of rotatable bonds is 7. The third kappa shape index (κ3) is 4.43. The largest absolute Gasteiger partial charge is 0.314 e. The summed E-state index contributed by atoms with van der Waals surface area (Å²) in [6.07, 6.45) is 5.77. The lowest BCUT2D eigenvalue weighted by Crippen LogP contribution is -2.24. The molecule has 6 nitrogen and oxygen atoms in total. The maximum absolute atomic E-state index is 6.19. The third-order valence-electron chi connectivity index (χ3n) is 6.24. The Balaban J connectivity index is 1.46. The van der Waals surface area contributed by atoms with Crippen molar-refractivity contribution in [1.29, 1.82) is 0 Å². The van der Waals surface area contributed by atoms with E-state index in [4.69, 9.17) is 16.6 Å². The van der Waals surface area contributed by atoms with Crippen LogP contribution in [0.2, 0.25) is 5.02 Å². The van der Waals surface area contributed by atoms with Crippen LogP contribution in [0.25, 0.3) is 5.00 Å². The number of aliphatic imine (C=N–C) groups is 1. The number of nitrogens with one attached hydrogen (secondary N) is 1. The summed E-state index contributed by atoms with van der Waals surface area (Å²) < 4.78 is 2.19. The Morgan fingerprint density at radius 2 is 1.91 bits per heavy atom. The highest BCUT2D eigenvalue weighted by molar-refractivity contribution is 7.15. The van der Waals surface area contributed by atoms with Crippen molar-refractivity contribution in [2.24, 2.45) is 4.99 Å². The Morgan fingerprint density at radius 3 is 2.68 bits per heavy atom. The summed E-state index contributed by atoms with van der Waals surface area (Å²) in [5, 5.41) is 14.4. The maximum Gasteiger partial charge on any atom is 0.164 e. The van der Waals surface area contributed by atoms with Crippen LogP contribution in [0, 0.1) is 20.8 Å². The van der Waals surface area contributed by atoms with Crippen LogP contribution in [0.15, 0.2) is 53.8 Å². The molecule has 3 aromatic heterocycles. The minimum Gasteiger partial charge on any atom is -0.314 e. The molecule has 5 rings (SSSR count). The Bertz CT molecular complexity index is 1320. The molecule has 4 heterocycles. The molecule has 0 unspecified atom stereocenters. The van der Waals surface area contributed by atoms with E-state index in [0.29, 0.717) is 6.54 Å². The molecule has 174 valence electrons. The highest BCUT2D eigenvalue weighted by Gasteiger charge is 2.31. The van der Waals surface area contributed by atoms with E-state index in [1.807, 2.05) is 37.5 Å². The van der Waals surface area contributed by atoms with Crippen LogP contribution < -0.4 is 5.32 Å². The number of halogens is 1. The van der Waals surface area contributed by atoms with Gasteiger partial charge in [-0.25, -0.2) is 0 Å². The topological polar surface area (TPSA) is 68.0 Å². The van der Waals surface area contributed by atoms with Gasteiger partial charge >= 0.3 is 0 Å². The van der Waals surface area contributed by atoms with Crippen LogP contribution in [0.1, 0.15) is 51.2 Å². The minimum absolute atomic E-state index is 0.149. The van der Waals surface area contributed by atoms with E-state index < -0.39 is 0 Å². The van der Waals surface area contributed by atoms with Gasteiger partial charge < -0.3 is 5.32 Å². The van der Waals surface area contributed by atoms with Gasteiger partial charge in [0.1, 0.15) is 16.9 Å². The van der Waals surface area contributed by atoms with Gasteiger partial charge in [-0.15, -0.1) is 21.5 Å². The van der Waals surface area contributed by atoms with Gasteiger partial charge in [0.05, 0.1) is 5.71 Å². The van der Waals surface area contributed by atoms with E-state index >= 15 is 0 Å². The number of aromatic nitrogens is 4. The highest BCUT2D eigenvalue weighted by Crippen LogP contribution is 2.38. The smallest absolute Gasteiger partial charge is 0.164 e. The lowest BCUT2D eigenvalue weighted by atomic mass is 10.00. The van der Waals surface area contributed by atoms with Gasteiger partial charge in [0.25, 0.3) is 0 Å². The standard InChI is InChI=1S/C26H27ClN6S/c1-16-17(2)34-26-23(16)24(20-8-10-21(27)11-9-20)30-22(25-32-31-18(3)33(25)26)15-29-13-5-7-19-6-4-12-28-14-19/h4,6,8-12,14,22,29H,5,7,13,15H2,1-3H3/t22-/m0/s1. The average molecular weight is 491 g/mol. The van der Waals surface area contributed by atoms with Gasteiger partial charge in [0.15, 0.2) is 5.82 Å². The van der Waals surface area contributed by atoms with E-state index in [2.05, 4.69) is 57.1 Å². The van der Waals surface area contributed by atoms with E-state index in [0.717, 1.165) is 57.9 Å². The second-order valence-electron chi connectivity index (χ2n) is 8.57. The van der Waals surface area contributed by atoms with Gasteiger partial charge in [0, 0.05) is 40.0 Å². The van der Waals surface area contributed by atoms with Crippen molar-refractivity contribution in [3.63, 3.8) is 0 Å². The molecule has 0 saturated heterocycles. The molecule has 1 N–H and O–H groups in total. The number of hydrogen-bond donors (Lipinski definition) is 1. The number of nitrogens with zero attached hydrogens (tertiary/aromatic N) is 5. The zero-order valence-electron chi connectivity index (χ0n) is 19.5. The molecule has 1 atom stereocenters. The van der Waals surface area contributed by atoms with Crippen molar-refractivity contribution in [3.05, 3.63) is 92.6 Å². The molecule has 1 aliphatic heterocycles. The van der Waals surface area contributed by atoms with Crippen LogP contribution in [0.5, 0.6) is 0 Å².